The molecule has 5 aliphatic rings. The summed E-state index contributed by atoms with van der Waals surface area (Å²) < 4.78 is 1.02. The number of nitrogens with one attached hydrogen (secondary N) is 1. The van der Waals surface area contributed by atoms with E-state index in [9.17, 15) is 4.79 Å². The zero-order valence-corrected chi connectivity index (χ0v) is 20.2. The fourth-order valence-corrected chi connectivity index (χ4v) is 8.22. The molecule has 1 atom stereocenters. The lowest BCUT2D eigenvalue weighted by Crippen LogP contribution is -2.50. The summed E-state index contributed by atoms with van der Waals surface area (Å²) in [6, 6.07) is 8.05. The van der Waals surface area contributed by atoms with Gasteiger partial charge in [-0.05, 0) is 87.0 Å². The number of hydrogen-bond donors (Lipinski definition) is 1. The first-order valence-corrected chi connectivity index (χ1v) is 13.3. The number of amidine groups is 1. The van der Waals surface area contributed by atoms with Crippen molar-refractivity contribution in [3.63, 3.8) is 0 Å². The summed E-state index contributed by atoms with van der Waals surface area (Å²) in [4.78, 5) is 20.7. The van der Waals surface area contributed by atoms with E-state index in [1.807, 2.05) is 36.0 Å². The highest BCUT2D eigenvalue weighted by molar-refractivity contribution is 9.10. The van der Waals surface area contributed by atoms with Crippen LogP contribution in [-0.4, -0.2) is 39.9 Å². The normalized spacial score (nSPS) is 35.9. The van der Waals surface area contributed by atoms with Gasteiger partial charge in [0.25, 0.3) is 0 Å². The molecule has 162 valence electrons. The minimum absolute atomic E-state index is 0.0973. The Balaban J connectivity index is 1.28. The van der Waals surface area contributed by atoms with Crippen LogP contribution in [-0.2, 0) is 4.79 Å². The Labute approximate surface area is 192 Å². The number of carbonyl (C=O) groups is 1. The second-order valence-electron chi connectivity index (χ2n) is 9.95. The van der Waals surface area contributed by atoms with Gasteiger partial charge in [0.1, 0.15) is 0 Å². The maximum absolute atomic E-state index is 12.7. The van der Waals surface area contributed by atoms with Crippen LogP contribution in [0.1, 0.15) is 58.3 Å². The molecule has 5 fully saturated rings. The predicted octanol–water partition coefficient (Wildman–Crippen LogP) is 5.93. The Hall–Kier alpha value is -1.01. The molecule has 0 radical (unpaired) electrons. The van der Waals surface area contributed by atoms with Crippen LogP contribution in [0.2, 0.25) is 0 Å². The molecule has 0 spiro atoms. The van der Waals surface area contributed by atoms with Gasteiger partial charge >= 0.3 is 0 Å². The molecule has 1 saturated heterocycles. The first kappa shape index (κ1) is 20.9. The third-order valence-corrected chi connectivity index (χ3v) is 9.11. The molecule has 4 aliphatic carbocycles. The summed E-state index contributed by atoms with van der Waals surface area (Å²) in [5.41, 5.74) is 1.07. The molecule has 1 heterocycles. The van der Waals surface area contributed by atoms with Crippen molar-refractivity contribution in [2.45, 2.75) is 69.9 Å². The highest BCUT2D eigenvalue weighted by Crippen LogP contribution is 2.57. The monoisotopic (exact) mass is 489 g/mol. The van der Waals surface area contributed by atoms with Crippen LogP contribution in [0.3, 0.4) is 0 Å². The SMILES string of the molecule is CCCN1C(=NC23CC4CC(CC(C4)C2)C3)SCC1CC(=O)Nc1ccc(Br)cc1. The number of benzene rings is 1. The van der Waals surface area contributed by atoms with Gasteiger partial charge in [-0.3, -0.25) is 9.79 Å². The first-order valence-electron chi connectivity index (χ1n) is 11.6. The summed E-state index contributed by atoms with van der Waals surface area (Å²) in [5, 5.41) is 4.29. The van der Waals surface area contributed by atoms with Crippen LogP contribution in [0.5, 0.6) is 0 Å². The molecule has 0 aromatic heterocycles. The summed E-state index contributed by atoms with van der Waals surface area (Å²) in [6.07, 6.45) is 9.89. The van der Waals surface area contributed by atoms with Crippen molar-refractivity contribution in [1.29, 1.82) is 0 Å². The van der Waals surface area contributed by atoms with Crippen LogP contribution >= 0.6 is 27.7 Å². The van der Waals surface area contributed by atoms with Crippen molar-refractivity contribution in [1.82, 2.24) is 4.90 Å². The van der Waals surface area contributed by atoms with Crippen LogP contribution in [0, 0.1) is 17.8 Å². The second-order valence-corrected chi connectivity index (χ2v) is 11.9. The molecule has 6 rings (SSSR count). The average Bonchev–Trinajstić information content (AvgIpc) is 3.03. The largest absolute Gasteiger partial charge is 0.347 e. The van der Waals surface area contributed by atoms with Crippen molar-refractivity contribution >= 4 is 44.5 Å². The molecular formula is C24H32BrN3OS. The summed E-state index contributed by atoms with van der Waals surface area (Å²) in [5.74, 6) is 3.82. The van der Waals surface area contributed by atoms with Gasteiger partial charge in [-0.1, -0.05) is 34.6 Å². The number of rotatable bonds is 6. The Bertz CT molecular complexity index is 789. The van der Waals surface area contributed by atoms with E-state index in [4.69, 9.17) is 4.99 Å². The van der Waals surface area contributed by atoms with Crippen molar-refractivity contribution in [3.05, 3.63) is 28.7 Å². The number of anilines is 1. The first-order chi connectivity index (χ1) is 14.5. The summed E-state index contributed by atoms with van der Waals surface area (Å²) in [6.45, 7) is 3.22. The molecule has 4 bridgehead atoms. The Morgan fingerprint density at radius 3 is 2.40 bits per heavy atom. The van der Waals surface area contributed by atoms with E-state index in [0.717, 1.165) is 46.6 Å². The number of hydrogen-bond acceptors (Lipinski definition) is 3. The van der Waals surface area contributed by atoms with Crippen LogP contribution in [0.15, 0.2) is 33.7 Å². The number of carbonyl (C=O) groups excluding carboxylic acids is 1. The zero-order chi connectivity index (χ0) is 20.7. The Morgan fingerprint density at radius 1 is 1.17 bits per heavy atom. The molecular weight excluding hydrogens is 458 g/mol. The number of thioether (sulfide) groups is 1. The van der Waals surface area contributed by atoms with E-state index in [1.165, 1.54) is 43.7 Å². The van der Waals surface area contributed by atoms with Gasteiger partial charge in [0.05, 0.1) is 5.54 Å². The van der Waals surface area contributed by atoms with Crippen LogP contribution < -0.4 is 5.32 Å². The van der Waals surface area contributed by atoms with Gasteiger partial charge < -0.3 is 10.2 Å². The average molecular weight is 491 g/mol. The molecule has 30 heavy (non-hydrogen) atoms. The lowest BCUT2D eigenvalue weighted by molar-refractivity contribution is -0.116. The van der Waals surface area contributed by atoms with Crippen molar-refractivity contribution < 1.29 is 4.79 Å². The van der Waals surface area contributed by atoms with E-state index in [2.05, 4.69) is 33.1 Å². The van der Waals surface area contributed by atoms with Gasteiger partial charge in [0.15, 0.2) is 5.17 Å². The molecule has 1 aromatic carbocycles. The van der Waals surface area contributed by atoms with Gasteiger partial charge in [-0.2, -0.15) is 0 Å². The molecule has 1 N–H and O–H groups in total. The topological polar surface area (TPSA) is 44.7 Å². The third-order valence-electron chi connectivity index (χ3n) is 7.44. The molecule has 1 amide bonds. The second kappa shape index (κ2) is 8.50. The molecule has 4 saturated carbocycles. The van der Waals surface area contributed by atoms with Crippen LogP contribution in [0.25, 0.3) is 0 Å². The summed E-state index contributed by atoms with van der Waals surface area (Å²) in [7, 11) is 0. The lowest BCUT2D eigenvalue weighted by Gasteiger charge is -2.55. The molecule has 1 aromatic rings. The molecule has 1 unspecified atom stereocenters. The Kier molecular flexibility index (Phi) is 5.91. The number of nitrogens with zero attached hydrogens (tertiary/aromatic N) is 2. The molecule has 1 aliphatic heterocycles. The maximum Gasteiger partial charge on any atom is 0.226 e. The fourth-order valence-electron chi connectivity index (χ4n) is 6.65. The van der Waals surface area contributed by atoms with E-state index >= 15 is 0 Å². The lowest BCUT2D eigenvalue weighted by atomic mass is 9.53. The van der Waals surface area contributed by atoms with Crippen molar-refractivity contribution in [2.75, 3.05) is 17.6 Å². The van der Waals surface area contributed by atoms with Gasteiger partial charge in [0.2, 0.25) is 5.91 Å². The number of aliphatic imine (C=N–C) groups is 1. The third kappa shape index (κ3) is 4.32. The maximum atomic E-state index is 12.7. The van der Waals surface area contributed by atoms with Gasteiger partial charge in [0, 0.05) is 34.9 Å². The van der Waals surface area contributed by atoms with E-state index in [1.54, 1.807) is 0 Å². The van der Waals surface area contributed by atoms with Crippen LogP contribution in [0.4, 0.5) is 5.69 Å². The Morgan fingerprint density at radius 2 is 1.80 bits per heavy atom. The molecule has 6 heteroatoms. The quantitative estimate of drug-likeness (QED) is 0.538. The van der Waals surface area contributed by atoms with E-state index in [-0.39, 0.29) is 17.5 Å². The van der Waals surface area contributed by atoms with E-state index < -0.39 is 0 Å². The number of halogens is 1. The van der Waals surface area contributed by atoms with Gasteiger partial charge in [-0.25, -0.2) is 0 Å². The zero-order valence-electron chi connectivity index (χ0n) is 17.8. The van der Waals surface area contributed by atoms with Crippen molar-refractivity contribution in [3.8, 4) is 0 Å². The predicted molar refractivity (Wildman–Crippen MR) is 129 cm³/mol. The van der Waals surface area contributed by atoms with Gasteiger partial charge in [-0.15, -0.1) is 0 Å². The standard InChI is InChI=1S/C24H32BrN3OS/c1-2-7-28-21(11-22(29)26-20-5-3-19(25)4-6-20)15-30-23(28)27-24-12-16-8-17(13-24)10-18(9-16)14-24/h3-6,16-18,21H,2,7-15H2,1H3,(H,26,29). The molecule has 4 nitrogen and oxygen atoms in total. The highest BCUT2D eigenvalue weighted by atomic mass is 79.9. The van der Waals surface area contributed by atoms with Crippen molar-refractivity contribution in [2.24, 2.45) is 22.7 Å². The fraction of sp³-hybridized carbons (Fsp3) is 0.667. The minimum Gasteiger partial charge on any atom is -0.347 e. The summed E-state index contributed by atoms with van der Waals surface area (Å²) >= 11 is 5.33. The minimum atomic E-state index is 0.0973. The highest BCUT2D eigenvalue weighted by Gasteiger charge is 2.51. The van der Waals surface area contributed by atoms with E-state index in [0.29, 0.717) is 6.42 Å². The smallest absolute Gasteiger partial charge is 0.226 e. The number of amides is 1.